The Hall–Kier alpha value is -1.02. The molecule has 0 aliphatic rings. The number of para-hydroxylation sites is 1. The Morgan fingerprint density at radius 2 is 1.90 bits per heavy atom. The molecule has 1 aromatic rings. The van der Waals surface area contributed by atoms with Crippen LogP contribution in [0.25, 0.3) is 0 Å². The van der Waals surface area contributed by atoms with Crippen molar-refractivity contribution in [3.8, 4) is 0 Å². The molecule has 0 bridgehead atoms. The molecule has 0 radical (unpaired) electrons. The van der Waals surface area contributed by atoms with Crippen LogP contribution in [0.3, 0.4) is 0 Å². The summed E-state index contributed by atoms with van der Waals surface area (Å²) in [6.07, 6.45) is -0.484. The van der Waals surface area contributed by atoms with Crippen molar-refractivity contribution in [2.24, 2.45) is 0 Å². The second-order valence-electron chi connectivity index (χ2n) is 2.19. The fourth-order valence-corrected chi connectivity index (χ4v) is 0.776. The fraction of sp³-hybridized carbons (Fsp3) is 0.250. The van der Waals surface area contributed by atoms with Crippen molar-refractivity contribution in [3.05, 3.63) is 30.3 Å². The van der Waals surface area contributed by atoms with E-state index in [1.165, 1.54) is 0 Å². The molecule has 0 spiro atoms. The highest BCUT2D eigenvalue weighted by Gasteiger charge is 1.91. The molecule has 10 heavy (non-hydrogen) atoms. The minimum absolute atomic E-state index is 0.484. The number of aliphatic hydroxyl groups excluding tert-OH is 1. The maximum atomic E-state index is 8.89. The molecular formula is C8H11NO. The summed E-state index contributed by atoms with van der Waals surface area (Å²) in [6.45, 7) is 1.69. The lowest BCUT2D eigenvalue weighted by Gasteiger charge is -2.07. The van der Waals surface area contributed by atoms with Gasteiger partial charge in [0.15, 0.2) is 0 Å². The van der Waals surface area contributed by atoms with E-state index in [0.29, 0.717) is 0 Å². The highest BCUT2D eigenvalue weighted by molar-refractivity contribution is 5.42. The van der Waals surface area contributed by atoms with Crippen LogP contribution in [0, 0.1) is 0 Å². The van der Waals surface area contributed by atoms with Gasteiger partial charge in [-0.25, -0.2) is 0 Å². The first-order chi connectivity index (χ1) is 4.79. The van der Waals surface area contributed by atoms with Crippen molar-refractivity contribution in [2.75, 3.05) is 5.32 Å². The smallest absolute Gasteiger partial charge is 0.121 e. The second-order valence-corrected chi connectivity index (χ2v) is 2.19. The molecule has 0 unspecified atom stereocenters. The monoisotopic (exact) mass is 137 g/mol. The van der Waals surface area contributed by atoms with Crippen molar-refractivity contribution < 1.29 is 5.11 Å². The zero-order chi connectivity index (χ0) is 7.40. The Labute approximate surface area is 60.5 Å². The molecule has 0 saturated heterocycles. The van der Waals surface area contributed by atoms with Crippen LogP contribution in [0.4, 0.5) is 5.69 Å². The zero-order valence-electron chi connectivity index (χ0n) is 5.91. The first-order valence-corrected chi connectivity index (χ1v) is 3.28. The van der Waals surface area contributed by atoms with Gasteiger partial charge in [-0.2, -0.15) is 0 Å². The summed E-state index contributed by atoms with van der Waals surface area (Å²) in [6, 6.07) is 9.60. The fourth-order valence-electron chi connectivity index (χ4n) is 0.776. The molecule has 0 heterocycles. The van der Waals surface area contributed by atoms with Crippen molar-refractivity contribution in [1.82, 2.24) is 0 Å². The lowest BCUT2D eigenvalue weighted by molar-refractivity contribution is 0.224. The lowest BCUT2D eigenvalue weighted by atomic mass is 10.3. The predicted octanol–water partition coefficient (Wildman–Crippen LogP) is 1.44. The van der Waals surface area contributed by atoms with E-state index in [-0.39, 0.29) is 0 Å². The van der Waals surface area contributed by atoms with Gasteiger partial charge in [0.1, 0.15) is 6.23 Å². The topological polar surface area (TPSA) is 32.3 Å². The lowest BCUT2D eigenvalue weighted by Crippen LogP contribution is -2.12. The number of nitrogens with one attached hydrogen (secondary N) is 1. The van der Waals surface area contributed by atoms with E-state index in [9.17, 15) is 0 Å². The van der Waals surface area contributed by atoms with E-state index >= 15 is 0 Å². The normalized spacial score (nSPS) is 12.6. The standard InChI is InChI=1S/C8H11NO/c1-7(10)9-8-5-3-2-4-6-8/h2-7,9-10H,1H3/t7-/m0/s1. The molecule has 54 valence electrons. The molecule has 2 N–H and O–H groups in total. The largest absolute Gasteiger partial charge is 0.374 e. The third-order valence-corrected chi connectivity index (χ3v) is 1.15. The van der Waals surface area contributed by atoms with Crippen LogP contribution >= 0.6 is 0 Å². The average Bonchev–Trinajstić information content (AvgIpc) is 1.88. The van der Waals surface area contributed by atoms with Crippen molar-refractivity contribution >= 4 is 5.69 Å². The first-order valence-electron chi connectivity index (χ1n) is 3.28. The van der Waals surface area contributed by atoms with Crippen LogP contribution in [0.1, 0.15) is 6.92 Å². The third-order valence-electron chi connectivity index (χ3n) is 1.15. The summed E-state index contributed by atoms with van der Waals surface area (Å²) in [4.78, 5) is 0. The first kappa shape index (κ1) is 7.09. The van der Waals surface area contributed by atoms with Gasteiger partial charge < -0.3 is 10.4 Å². The second kappa shape index (κ2) is 3.22. The van der Waals surface area contributed by atoms with Crippen molar-refractivity contribution in [2.45, 2.75) is 13.2 Å². The Morgan fingerprint density at radius 1 is 1.30 bits per heavy atom. The van der Waals surface area contributed by atoms with Crippen LogP contribution in [-0.2, 0) is 0 Å². The quantitative estimate of drug-likeness (QED) is 0.604. The predicted molar refractivity (Wildman–Crippen MR) is 41.7 cm³/mol. The van der Waals surface area contributed by atoms with Crippen molar-refractivity contribution in [1.29, 1.82) is 0 Å². The summed E-state index contributed by atoms with van der Waals surface area (Å²) in [5, 5.41) is 11.8. The molecule has 0 fully saturated rings. The Kier molecular flexibility index (Phi) is 2.29. The summed E-state index contributed by atoms with van der Waals surface area (Å²) >= 11 is 0. The molecule has 0 amide bonds. The maximum absolute atomic E-state index is 8.89. The van der Waals surface area contributed by atoms with Crippen LogP contribution < -0.4 is 5.32 Å². The van der Waals surface area contributed by atoms with Gasteiger partial charge in [-0.05, 0) is 19.1 Å². The number of hydrogen-bond donors (Lipinski definition) is 2. The summed E-state index contributed by atoms with van der Waals surface area (Å²) in [5.41, 5.74) is 0.942. The molecule has 0 aromatic heterocycles. The van der Waals surface area contributed by atoms with Gasteiger partial charge in [-0.3, -0.25) is 0 Å². The molecule has 1 rings (SSSR count). The molecule has 0 saturated carbocycles. The maximum Gasteiger partial charge on any atom is 0.121 e. The summed E-state index contributed by atoms with van der Waals surface area (Å²) in [5.74, 6) is 0. The highest BCUT2D eigenvalue weighted by Crippen LogP contribution is 2.04. The van der Waals surface area contributed by atoms with Gasteiger partial charge in [0.05, 0.1) is 0 Å². The third kappa shape index (κ3) is 2.07. The van der Waals surface area contributed by atoms with E-state index in [0.717, 1.165) is 5.69 Å². The van der Waals surface area contributed by atoms with E-state index in [1.807, 2.05) is 30.3 Å². The van der Waals surface area contributed by atoms with Gasteiger partial charge in [0.25, 0.3) is 0 Å². The molecule has 0 aliphatic carbocycles. The number of hydrogen-bond acceptors (Lipinski definition) is 2. The highest BCUT2D eigenvalue weighted by atomic mass is 16.3. The van der Waals surface area contributed by atoms with Crippen LogP contribution in [-0.4, -0.2) is 11.3 Å². The molecule has 2 heteroatoms. The van der Waals surface area contributed by atoms with Gasteiger partial charge in [0.2, 0.25) is 0 Å². The molecule has 1 aromatic carbocycles. The van der Waals surface area contributed by atoms with Gasteiger partial charge in [-0.1, -0.05) is 18.2 Å². The zero-order valence-corrected chi connectivity index (χ0v) is 5.91. The minimum atomic E-state index is -0.484. The Bertz CT molecular complexity index is 184. The van der Waals surface area contributed by atoms with E-state index < -0.39 is 6.23 Å². The molecule has 0 aliphatic heterocycles. The molecular weight excluding hydrogens is 126 g/mol. The van der Waals surface area contributed by atoms with Gasteiger partial charge in [0, 0.05) is 5.69 Å². The number of rotatable bonds is 2. The Balaban J connectivity index is 2.59. The molecule has 2 nitrogen and oxygen atoms in total. The van der Waals surface area contributed by atoms with E-state index in [4.69, 9.17) is 5.11 Å². The van der Waals surface area contributed by atoms with Gasteiger partial charge in [-0.15, -0.1) is 0 Å². The van der Waals surface area contributed by atoms with E-state index in [2.05, 4.69) is 5.32 Å². The number of anilines is 1. The minimum Gasteiger partial charge on any atom is -0.374 e. The Morgan fingerprint density at radius 3 is 2.40 bits per heavy atom. The van der Waals surface area contributed by atoms with Gasteiger partial charge >= 0.3 is 0 Å². The van der Waals surface area contributed by atoms with Crippen molar-refractivity contribution in [3.63, 3.8) is 0 Å². The van der Waals surface area contributed by atoms with Crippen LogP contribution in [0.5, 0.6) is 0 Å². The van der Waals surface area contributed by atoms with E-state index in [1.54, 1.807) is 6.92 Å². The molecule has 1 atom stereocenters. The average molecular weight is 137 g/mol. The SMILES string of the molecule is C[C@H](O)Nc1ccccc1. The van der Waals surface area contributed by atoms with Crippen LogP contribution in [0.2, 0.25) is 0 Å². The summed E-state index contributed by atoms with van der Waals surface area (Å²) in [7, 11) is 0. The van der Waals surface area contributed by atoms with Crippen LogP contribution in [0.15, 0.2) is 30.3 Å². The summed E-state index contributed by atoms with van der Waals surface area (Å²) < 4.78 is 0. The number of benzene rings is 1. The number of aliphatic hydroxyl groups is 1.